The number of carbonyl (C=O) groups is 1. The van der Waals surface area contributed by atoms with Gasteiger partial charge in [-0.15, -0.1) is 0 Å². The fourth-order valence-electron chi connectivity index (χ4n) is 1.19. The third kappa shape index (κ3) is 3.30. The van der Waals surface area contributed by atoms with Crippen LogP contribution in [-0.2, 0) is 9.53 Å². The van der Waals surface area contributed by atoms with Crippen LogP contribution in [0.1, 0.15) is 20.3 Å². The second-order valence-electron chi connectivity index (χ2n) is 3.43. The highest BCUT2D eigenvalue weighted by Gasteiger charge is 2.19. The number of aliphatic carboxylic acids is 1. The number of hydrogen-bond acceptors (Lipinski definition) is 2. The number of carboxylic acids is 1. The van der Waals surface area contributed by atoms with Crippen LogP contribution in [0.3, 0.4) is 0 Å². The Hall–Kier alpha value is -1.27. The summed E-state index contributed by atoms with van der Waals surface area (Å²) in [6.45, 7) is 4.45. The summed E-state index contributed by atoms with van der Waals surface area (Å²) in [5.41, 5.74) is 0.527. The molecule has 0 spiro atoms. The first-order valence-electron chi connectivity index (χ1n) is 4.10. The first-order valence-corrected chi connectivity index (χ1v) is 4.10. The largest absolute Gasteiger partial charge is 0.472 e. The van der Waals surface area contributed by atoms with Gasteiger partial charge in [0.2, 0.25) is 0 Å². The first kappa shape index (κ1) is 9.82. The molecule has 0 amide bonds. The molecule has 1 aliphatic heterocycles. The zero-order valence-electron chi connectivity index (χ0n) is 7.76. The van der Waals surface area contributed by atoms with Gasteiger partial charge in [-0.2, -0.15) is 0 Å². The molecule has 1 N–H and O–H groups in total. The summed E-state index contributed by atoms with van der Waals surface area (Å²) < 4.78 is 5.41. The van der Waals surface area contributed by atoms with Crippen molar-refractivity contribution in [2.45, 2.75) is 25.9 Å². The Labute approximate surface area is 77.4 Å². The number of ether oxygens (including phenoxy) is 1. The third-order valence-corrected chi connectivity index (χ3v) is 1.70. The van der Waals surface area contributed by atoms with Crippen LogP contribution >= 0.6 is 0 Å². The SMILES string of the molecule is CC1(C)C=C(C#CC(=O)O)CCO1. The summed E-state index contributed by atoms with van der Waals surface area (Å²) >= 11 is 0. The number of hydrogen-bond donors (Lipinski definition) is 1. The van der Waals surface area contributed by atoms with Gasteiger partial charge in [-0.25, -0.2) is 4.79 Å². The van der Waals surface area contributed by atoms with E-state index in [4.69, 9.17) is 9.84 Å². The molecule has 0 aromatic rings. The quantitative estimate of drug-likeness (QED) is 0.570. The molecule has 0 aromatic carbocycles. The van der Waals surface area contributed by atoms with Crippen molar-refractivity contribution >= 4 is 5.97 Å². The van der Waals surface area contributed by atoms with E-state index in [-0.39, 0.29) is 5.60 Å². The van der Waals surface area contributed by atoms with Crippen molar-refractivity contribution < 1.29 is 14.6 Å². The normalized spacial score (nSPS) is 19.7. The lowest BCUT2D eigenvalue weighted by molar-refractivity contribution is -0.130. The smallest absolute Gasteiger partial charge is 0.382 e. The van der Waals surface area contributed by atoms with Crippen LogP contribution in [0.2, 0.25) is 0 Å². The molecular weight excluding hydrogens is 168 g/mol. The summed E-state index contributed by atoms with van der Waals surface area (Å²) in [6.07, 6.45) is 2.57. The molecule has 0 saturated carbocycles. The van der Waals surface area contributed by atoms with Crippen LogP contribution in [0.15, 0.2) is 11.6 Å². The van der Waals surface area contributed by atoms with Crippen molar-refractivity contribution in [3.8, 4) is 11.8 Å². The van der Waals surface area contributed by atoms with Gasteiger partial charge in [-0.05, 0) is 19.9 Å². The van der Waals surface area contributed by atoms with Crippen LogP contribution in [0.25, 0.3) is 0 Å². The Kier molecular flexibility index (Phi) is 2.74. The van der Waals surface area contributed by atoms with E-state index in [1.165, 1.54) is 0 Å². The van der Waals surface area contributed by atoms with Gasteiger partial charge in [0.25, 0.3) is 0 Å². The Balaban J connectivity index is 2.77. The van der Waals surface area contributed by atoms with Gasteiger partial charge in [0.1, 0.15) is 0 Å². The Morgan fingerprint density at radius 2 is 2.38 bits per heavy atom. The van der Waals surface area contributed by atoms with Crippen molar-refractivity contribution in [1.82, 2.24) is 0 Å². The molecule has 3 nitrogen and oxygen atoms in total. The van der Waals surface area contributed by atoms with E-state index >= 15 is 0 Å². The van der Waals surface area contributed by atoms with E-state index in [1.54, 1.807) is 0 Å². The minimum Gasteiger partial charge on any atom is -0.472 e. The molecular formula is C10H12O3. The van der Waals surface area contributed by atoms with Gasteiger partial charge in [0.15, 0.2) is 0 Å². The summed E-state index contributed by atoms with van der Waals surface area (Å²) in [7, 11) is 0. The van der Waals surface area contributed by atoms with Gasteiger partial charge in [0.05, 0.1) is 12.2 Å². The molecule has 0 fully saturated rings. The molecule has 1 heterocycles. The van der Waals surface area contributed by atoms with Crippen molar-refractivity contribution in [1.29, 1.82) is 0 Å². The molecule has 0 unspecified atom stereocenters. The van der Waals surface area contributed by atoms with Gasteiger partial charge < -0.3 is 9.84 Å². The standard InChI is InChI=1S/C10H12O3/c1-10(2)7-8(5-6-13-10)3-4-9(11)12/h7H,5-6H2,1-2H3,(H,11,12). The molecule has 1 rings (SSSR count). The van der Waals surface area contributed by atoms with Crippen LogP contribution in [-0.4, -0.2) is 23.3 Å². The van der Waals surface area contributed by atoms with Crippen molar-refractivity contribution in [2.75, 3.05) is 6.61 Å². The number of rotatable bonds is 0. The Bertz CT molecular complexity index is 302. The molecule has 0 radical (unpaired) electrons. The average Bonchev–Trinajstić information content (AvgIpc) is 1.99. The van der Waals surface area contributed by atoms with Gasteiger partial charge in [-0.3, -0.25) is 0 Å². The van der Waals surface area contributed by atoms with Crippen LogP contribution in [0.4, 0.5) is 0 Å². The lowest BCUT2D eigenvalue weighted by Gasteiger charge is -2.26. The average molecular weight is 180 g/mol. The second kappa shape index (κ2) is 3.63. The fraction of sp³-hybridized carbons (Fsp3) is 0.500. The predicted molar refractivity (Wildman–Crippen MR) is 48.1 cm³/mol. The van der Waals surface area contributed by atoms with Crippen LogP contribution < -0.4 is 0 Å². The molecule has 0 bridgehead atoms. The molecule has 0 saturated heterocycles. The topological polar surface area (TPSA) is 46.5 Å². The van der Waals surface area contributed by atoms with Crippen LogP contribution in [0.5, 0.6) is 0 Å². The Morgan fingerprint density at radius 1 is 1.69 bits per heavy atom. The zero-order chi connectivity index (χ0) is 9.90. The van der Waals surface area contributed by atoms with E-state index in [0.717, 1.165) is 5.57 Å². The summed E-state index contributed by atoms with van der Waals surface area (Å²) in [4.78, 5) is 10.2. The lowest BCUT2D eigenvalue weighted by atomic mass is 10.0. The molecule has 0 aromatic heterocycles. The fourth-order valence-corrected chi connectivity index (χ4v) is 1.19. The molecule has 70 valence electrons. The summed E-state index contributed by atoms with van der Waals surface area (Å²) in [6, 6.07) is 0. The lowest BCUT2D eigenvalue weighted by Crippen LogP contribution is -2.26. The predicted octanol–water partition coefficient (Wildman–Crippen LogP) is 1.20. The molecule has 13 heavy (non-hydrogen) atoms. The number of carboxylic acid groups (broad SMARTS) is 1. The third-order valence-electron chi connectivity index (χ3n) is 1.70. The van der Waals surface area contributed by atoms with E-state index in [2.05, 4.69) is 11.8 Å². The zero-order valence-corrected chi connectivity index (χ0v) is 7.76. The first-order chi connectivity index (χ1) is 5.99. The van der Waals surface area contributed by atoms with E-state index in [1.807, 2.05) is 19.9 Å². The molecule has 1 aliphatic rings. The van der Waals surface area contributed by atoms with Crippen LogP contribution in [0, 0.1) is 11.8 Å². The van der Waals surface area contributed by atoms with Crippen molar-refractivity contribution in [3.63, 3.8) is 0 Å². The van der Waals surface area contributed by atoms with E-state index < -0.39 is 5.97 Å². The van der Waals surface area contributed by atoms with E-state index in [9.17, 15) is 4.79 Å². The highest BCUT2D eigenvalue weighted by Crippen LogP contribution is 2.21. The van der Waals surface area contributed by atoms with E-state index in [0.29, 0.717) is 13.0 Å². The Morgan fingerprint density at radius 3 is 2.92 bits per heavy atom. The highest BCUT2D eigenvalue weighted by atomic mass is 16.5. The molecule has 3 heteroatoms. The molecule has 0 aliphatic carbocycles. The van der Waals surface area contributed by atoms with Crippen molar-refractivity contribution in [3.05, 3.63) is 11.6 Å². The summed E-state index contributed by atoms with van der Waals surface area (Å²) in [5.74, 6) is 3.61. The summed E-state index contributed by atoms with van der Waals surface area (Å²) in [5, 5.41) is 8.34. The maximum absolute atomic E-state index is 10.2. The monoisotopic (exact) mass is 180 g/mol. The highest BCUT2D eigenvalue weighted by molar-refractivity contribution is 5.87. The minimum absolute atomic E-state index is 0.319. The second-order valence-corrected chi connectivity index (χ2v) is 3.43. The van der Waals surface area contributed by atoms with Gasteiger partial charge >= 0.3 is 5.97 Å². The maximum Gasteiger partial charge on any atom is 0.382 e. The molecule has 0 atom stereocenters. The van der Waals surface area contributed by atoms with Gasteiger partial charge in [-0.1, -0.05) is 5.92 Å². The minimum atomic E-state index is -1.09. The van der Waals surface area contributed by atoms with Crippen molar-refractivity contribution in [2.24, 2.45) is 0 Å². The maximum atomic E-state index is 10.2. The van der Waals surface area contributed by atoms with Gasteiger partial charge in [0, 0.05) is 17.9 Å².